The number of fused-ring (bicyclic) bond motifs is 3. The molecular formula is C21H22N2O. The summed E-state index contributed by atoms with van der Waals surface area (Å²) < 4.78 is 0. The number of likely N-dealkylation sites (tertiary alicyclic amines) is 1. The highest BCUT2D eigenvalue weighted by molar-refractivity contribution is 5.99. The molecule has 24 heavy (non-hydrogen) atoms. The number of hydrogen-bond donors (Lipinski definition) is 1. The smallest absolute Gasteiger partial charge is 0.251 e. The lowest BCUT2D eigenvalue weighted by Gasteiger charge is -2.19. The molecule has 0 spiro atoms. The molecule has 2 unspecified atom stereocenters. The molecule has 0 bridgehead atoms. The van der Waals surface area contributed by atoms with Gasteiger partial charge in [-0.2, -0.15) is 0 Å². The first-order valence-corrected chi connectivity index (χ1v) is 8.61. The molecular weight excluding hydrogens is 296 g/mol. The number of nitrogens with zero attached hydrogens (tertiary/aromatic N) is 1. The summed E-state index contributed by atoms with van der Waals surface area (Å²) in [5.41, 5.74) is 3.36. The molecule has 1 N–H and O–H groups in total. The van der Waals surface area contributed by atoms with Gasteiger partial charge in [0, 0.05) is 37.7 Å². The maximum Gasteiger partial charge on any atom is 0.251 e. The molecule has 2 fully saturated rings. The minimum atomic E-state index is 0.0604. The molecule has 1 amide bonds. The summed E-state index contributed by atoms with van der Waals surface area (Å²) in [6, 6.07) is 10.6. The maximum absolute atomic E-state index is 12.4. The van der Waals surface area contributed by atoms with Crippen molar-refractivity contribution in [1.29, 1.82) is 0 Å². The summed E-state index contributed by atoms with van der Waals surface area (Å²) in [5, 5.41) is 3.12. The molecule has 1 aromatic rings. The van der Waals surface area contributed by atoms with Crippen LogP contribution in [0.25, 0.3) is 0 Å². The van der Waals surface area contributed by atoms with Crippen LogP contribution in [0.4, 0.5) is 0 Å². The third-order valence-corrected chi connectivity index (χ3v) is 5.12. The van der Waals surface area contributed by atoms with E-state index in [0.29, 0.717) is 11.8 Å². The molecule has 3 aliphatic rings. The fraction of sp³-hybridized carbons (Fsp3) is 0.286. The van der Waals surface area contributed by atoms with Gasteiger partial charge >= 0.3 is 0 Å². The second kappa shape index (κ2) is 6.62. The standard InChI is InChI=1S/C21H22N2O/c24-21-19-11-7-2-1-6-10-18(19)20-15-23(14-17(20)12-22-21)13-16-8-4-3-5-9-16/h1-11,17,20H,12-15H2,(H,22,24)/b2-1?,6-1-,7-2+,10-6?,11-7?,18-10+,19-11-. The topological polar surface area (TPSA) is 32.3 Å². The van der Waals surface area contributed by atoms with Crippen LogP contribution in [0, 0.1) is 11.8 Å². The van der Waals surface area contributed by atoms with E-state index < -0.39 is 0 Å². The summed E-state index contributed by atoms with van der Waals surface area (Å²) in [7, 11) is 0. The van der Waals surface area contributed by atoms with Gasteiger partial charge in [-0.3, -0.25) is 9.69 Å². The Morgan fingerprint density at radius 2 is 1.79 bits per heavy atom. The van der Waals surface area contributed by atoms with Gasteiger partial charge in [0.1, 0.15) is 0 Å². The van der Waals surface area contributed by atoms with Crippen molar-refractivity contribution in [3.8, 4) is 0 Å². The molecule has 2 saturated heterocycles. The van der Waals surface area contributed by atoms with Gasteiger partial charge < -0.3 is 5.32 Å². The summed E-state index contributed by atoms with van der Waals surface area (Å²) in [6.07, 6.45) is 12.1. The molecule has 3 heteroatoms. The molecule has 0 saturated carbocycles. The highest BCUT2D eigenvalue weighted by Crippen LogP contribution is 2.36. The van der Waals surface area contributed by atoms with Gasteiger partial charge in [-0.1, -0.05) is 60.7 Å². The largest absolute Gasteiger partial charge is 0.352 e. The normalized spacial score (nSPS) is 33.4. The van der Waals surface area contributed by atoms with Crippen molar-refractivity contribution in [2.24, 2.45) is 11.8 Å². The van der Waals surface area contributed by atoms with Crippen LogP contribution in [0.3, 0.4) is 0 Å². The number of hydrogen-bond acceptors (Lipinski definition) is 2. The van der Waals surface area contributed by atoms with E-state index in [1.807, 2.05) is 30.4 Å². The quantitative estimate of drug-likeness (QED) is 0.909. The van der Waals surface area contributed by atoms with Gasteiger partial charge in [0.25, 0.3) is 5.91 Å². The summed E-state index contributed by atoms with van der Waals surface area (Å²) >= 11 is 0. The van der Waals surface area contributed by atoms with Crippen molar-refractivity contribution in [1.82, 2.24) is 10.2 Å². The van der Waals surface area contributed by atoms with Crippen LogP contribution in [0.1, 0.15) is 5.56 Å². The molecule has 2 heterocycles. The zero-order valence-corrected chi connectivity index (χ0v) is 13.7. The van der Waals surface area contributed by atoms with Crippen LogP contribution in [0.5, 0.6) is 0 Å². The molecule has 2 atom stereocenters. The van der Waals surface area contributed by atoms with E-state index >= 15 is 0 Å². The van der Waals surface area contributed by atoms with Crippen molar-refractivity contribution in [3.63, 3.8) is 0 Å². The zero-order chi connectivity index (χ0) is 16.4. The molecule has 0 aromatic heterocycles. The predicted octanol–water partition coefficient (Wildman–Crippen LogP) is 2.84. The molecule has 3 nitrogen and oxygen atoms in total. The molecule has 1 aliphatic carbocycles. The average Bonchev–Trinajstić information content (AvgIpc) is 2.91. The minimum absolute atomic E-state index is 0.0604. The Morgan fingerprint density at radius 3 is 2.62 bits per heavy atom. The first-order valence-electron chi connectivity index (χ1n) is 8.61. The first-order chi connectivity index (χ1) is 11.8. The first kappa shape index (κ1) is 15.2. The fourth-order valence-corrected chi connectivity index (χ4v) is 3.96. The van der Waals surface area contributed by atoms with Gasteiger partial charge in [0.2, 0.25) is 0 Å². The lowest BCUT2D eigenvalue weighted by atomic mass is 9.85. The number of carbonyl (C=O) groups excluding carboxylic acids is 1. The van der Waals surface area contributed by atoms with Crippen molar-refractivity contribution in [2.75, 3.05) is 19.6 Å². The van der Waals surface area contributed by atoms with Crippen LogP contribution in [0.15, 0.2) is 77.9 Å². The summed E-state index contributed by atoms with van der Waals surface area (Å²) in [4.78, 5) is 14.9. The Morgan fingerprint density at radius 1 is 1.00 bits per heavy atom. The highest BCUT2D eigenvalue weighted by Gasteiger charge is 2.39. The summed E-state index contributed by atoms with van der Waals surface area (Å²) in [6.45, 7) is 3.78. The maximum atomic E-state index is 12.4. The second-order valence-corrected chi connectivity index (χ2v) is 6.73. The number of carbonyl (C=O) groups is 1. The van der Waals surface area contributed by atoms with Crippen molar-refractivity contribution in [3.05, 3.63) is 83.5 Å². The van der Waals surface area contributed by atoms with Gasteiger partial charge in [-0.15, -0.1) is 0 Å². The Labute approximate surface area is 143 Å². The van der Waals surface area contributed by atoms with Crippen LogP contribution in [-0.4, -0.2) is 30.4 Å². The number of amides is 1. The van der Waals surface area contributed by atoms with Gasteiger partial charge in [0.05, 0.1) is 0 Å². The second-order valence-electron chi connectivity index (χ2n) is 6.73. The lowest BCUT2D eigenvalue weighted by Crippen LogP contribution is -2.30. The van der Waals surface area contributed by atoms with E-state index in [2.05, 4.69) is 46.6 Å². The monoisotopic (exact) mass is 318 g/mol. The number of allylic oxidation sites excluding steroid dienone is 6. The molecule has 2 aliphatic heterocycles. The molecule has 1 aromatic carbocycles. The van der Waals surface area contributed by atoms with Crippen molar-refractivity contribution >= 4 is 5.91 Å². The predicted molar refractivity (Wildman–Crippen MR) is 96.2 cm³/mol. The fourth-order valence-electron chi connectivity index (χ4n) is 3.96. The van der Waals surface area contributed by atoms with Crippen LogP contribution >= 0.6 is 0 Å². The number of rotatable bonds is 2. The van der Waals surface area contributed by atoms with Gasteiger partial charge in [-0.25, -0.2) is 0 Å². The van der Waals surface area contributed by atoms with E-state index in [-0.39, 0.29) is 5.91 Å². The number of nitrogens with one attached hydrogen (secondary N) is 1. The van der Waals surface area contributed by atoms with Crippen LogP contribution < -0.4 is 5.32 Å². The Hall–Kier alpha value is -2.39. The Bertz CT molecular complexity index is 742. The van der Waals surface area contributed by atoms with E-state index in [1.165, 1.54) is 11.1 Å². The molecule has 0 radical (unpaired) electrons. The highest BCUT2D eigenvalue weighted by atomic mass is 16.1. The van der Waals surface area contributed by atoms with Crippen molar-refractivity contribution < 1.29 is 4.79 Å². The third-order valence-electron chi connectivity index (χ3n) is 5.12. The minimum Gasteiger partial charge on any atom is -0.352 e. The average molecular weight is 318 g/mol. The zero-order valence-electron chi connectivity index (χ0n) is 13.7. The third kappa shape index (κ3) is 3.00. The Balaban J connectivity index is 1.59. The van der Waals surface area contributed by atoms with Gasteiger partial charge in [-0.05, 0) is 23.1 Å². The Kier molecular flexibility index (Phi) is 4.18. The van der Waals surface area contributed by atoms with E-state index in [0.717, 1.165) is 31.8 Å². The van der Waals surface area contributed by atoms with E-state index in [4.69, 9.17) is 0 Å². The SMILES string of the molecule is O=C1NCC2CN(Cc3ccccc3)CC2/C2=C/C=C\C=C\C=C/12. The van der Waals surface area contributed by atoms with Crippen LogP contribution in [-0.2, 0) is 11.3 Å². The van der Waals surface area contributed by atoms with Crippen molar-refractivity contribution in [2.45, 2.75) is 6.54 Å². The summed E-state index contributed by atoms with van der Waals surface area (Å²) in [5.74, 6) is 0.951. The van der Waals surface area contributed by atoms with Crippen LogP contribution in [0.2, 0.25) is 0 Å². The van der Waals surface area contributed by atoms with Gasteiger partial charge in [0.15, 0.2) is 0 Å². The van der Waals surface area contributed by atoms with E-state index in [1.54, 1.807) is 0 Å². The molecule has 122 valence electrons. The number of benzene rings is 1. The molecule has 4 rings (SSSR count). The van der Waals surface area contributed by atoms with E-state index in [9.17, 15) is 4.79 Å². The lowest BCUT2D eigenvalue weighted by molar-refractivity contribution is -0.117.